The van der Waals surface area contributed by atoms with Gasteiger partial charge < -0.3 is 19.7 Å². The molecule has 0 heterocycles. The number of aliphatic hydroxyl groups is 2. The SMILES string of the molecule is CC1CC(OC(=O)c2ccc(C(=O)OC3CC(C)C(CO)C(C)(C)C3)cc2)CC(C)(C)C1CO. The molecular formula is C28H42O6. The van der Waals surface area contributed by atoms with Gasteiger partial charge in [-0.2, -0.15) is 0 Å². The lowest BCUT2D eigenvalue weighted by Crippen LogP contribution is -2.43. The molecular weight excluding hydrogens is 432 g/mol. The zero-order valence-corrected chi connectivity index (χ0v) is 21.5. The molecule has 0 bridgehead atoms. The van der Waals surface area contributed by atoms with Crippen LogP contribution in [0.1, 0.15) is 87.9 Å². The van der Waals surface area contributed by atoms with Crippen molar-refractivity contribution in [1.82, 2.24) is 0 Å². The fourth-order valence-corrected chi connectivity index (χ4v) is 6.56. The molecule has 6 unspecified atom stereocenters. The molecule has 1 aromatic carbocycles. The van der Waals surface area contributed by atoms with Crippen molar-refractivity contribution >= 4 is 11.9 Å². The number of benzene rings is 1. The van der Waals surface area contributed by atoms with Gasteiger partial charge in [-0.1, -0.05) is 41.5 Å². The Balaban J connectivity index is 1.58. The first-order valence-corrected chi connectivity index (χ1v) is 12.6. The monoisotopic (exact) mass is 474 g/mol. The molecule has 2 N–H and O–H groups in total. The van der Waals surface area contributed by atoms with Crippen LogP contribution < -0.4 is 0 Å². The van der Waals surface area contributed by atoms with Gasteiger partial charge in [-0.3, -0.25) is 0 Å². The maximum absolute atomic E-state index is 12.7. The van der Waals surface area contributed by atoms with E-state index in [1.54, 1.807) is 24.3 Å². The Labute approximate surface area is 204 Å². The lowest BCUT2D eigenvalue weighted by Gasteiger charge is -2.45. The van der Waals surface area contributed by atoms with Gasteiger partial charge in [0.05, 0.1) is 11.1 Å². The van der Waals surface area contributed by atoms with Crippen molar-refractivity contribution in [2.24, 2.45) is 34.5 Å². The number of carbonyl (C=O) groups is 2. The summed E-state index contributed by atoms with van der Waals surface area (Å²) in [7, 11) is 0. The summed E-state index contributed by atoms with van der Waals surface area (Å²) in [6.07, 6.45) is 2.52. The van der Waals surface area contributed by atoms with Crippen LogP contribution in [-0.4, -0.2) is 47.6 Å². The number of carbonyl (C=O) groups excluding carboxylic acids is 2. The van der Waals surface area contributed by atoms with E-state index in [1.165, 1.54) is 0 Å². The van der Waals surface area contributed by atoms with Gasteiger partial charge in [0, 0.05) is 13.2 Å². The molecule has 34 heavy (non-hydrogen) atoms. The summed E-state index contributed by atoms with van der Waals surface area (Å²) in [6.45, 7) is 12.9. The summed E-state index contributed by atoms with van der Waals surface area (Å²) in [5.41, 5.74) is 0.606. The average Bonchev–Trinajstić information content (AvgIpc) is 2.72. The number of ether oxygens (including phenoxy) is 2. The highest BCUT2D eigenvalue weighted by molar-refractivity contribution is 5.93. The lowest BCUT2D eigenvalue weighted by atomic mass is 9.63. The van der Waals surface area contributed by atoms with E-state index < -0.39 is 11.9 Å². The van der Waals surface area contributed by atoms with Crippen molar-refractivity contribution in [2.45, 2.75) is 79.4 Å². The van der Waals surface area contributed by atoms with E-state index in [9.17, 15) is 19.8 Å². The number of aliphatic hydroxyl groups excluding tert-OH is 2. The molecule has 0 spiro atoms. The average molecular weight is 475 g/mol. The molecule has 6 heteroatoms. The number of esters is 2. The largest absolute Gasteiger partial charge is 0.459 e. The molecule has 2 saturated carbocycles. The lowest BCUT2D eigenvalue weighted by molar-refractivity contribution is -0.0501. The normalized spacial score (nSPS) is 32.6. The molecule has 0 amide bonds. The Morgan fingerprint density at radius 2 is 1.09 bits per heavy atom. The van der Waals surface area contributed by atoms with Gasteiger partial charge in [-0.05, 0) is 84.5 Å². The minimum absolute atomic E-state index is 0.104. The van der Waals surface area contributed by atoms with Crippen molar-refractivity contribution in [1.29, 1.82) is 0 Å². The fraction of sp³-hybridized carbons (Fsp3) is 0.714. The summed E-state index contributed by atoms with van der Waals surface area (Å²) >= 11 is 0. The molecule has 2 fully saturated rings. The van der Waals surface area contributed by atoms with E-state index >= 15 is 0 Å². The zero-order chi connectivity index (χ0) is 25.3. The first-order chi connectivity index (χ1) is 15.9. The maximum Gasteiger partial charge on any atom is 0.338 e. The summed E-state index contributed by atoms with van der Waals surface area (Å²) in [4.78, 5) is 25.5. The van der Waals surface area contributed by atoms with Crippen LogP contribution in [0.3, 0.4) is 0 Å². The molecule has 2 aliphatic rings. The van der Waals surface area contributed by atoms with E-state index in [2.05, 4.69) is 41.5 Å². The van der Waals surface area contributed by atoms with Crippen LogP contribution in [-0.2, 0) is 9.47 Å². The van der Waals surface area contributed by atoms with E-state index in [0.29, 0.717) is 24.0 Å². The van der Waals surface area contributed by atoms with Gasteiger partial charge in [-0.25, -0.2) is 9.59 Å². The van der Waals surface area contributed by atoms with Crippen LogP contribution in [0, 0.1) is 34.5 Å². The Bertz CT molecular complexity index is 787. The van der Waals surface area contributed by atoms with Crippen LogP contribution in [0.4, 0.5) is 0 Å². The van der Waals surface area contributed by atoms with Crippen molar-refractivity contribution in [3.05, 3.63) is 35.4 Å². The van der Waals surface area contributed by atoms with E-state index in [0.717, 1.165) is 12.8 Å². The van der Waals surface area contributed by atoms with Crippen LogP contribution in [0.2, 0.25) is 0 Å². The highest BCUT2D eigenvalue weighted by atomic mass is 16.5. The predicted octanol–water partition coefficient (Wildman–Crippen LogP) is 4.87. The zero-order valence-electron chi connectivity index (χ0n) is 21.5. The third-order valence-corrected chi connectivity index (χ3v) is 8.46. The molecule has 1 aromatic rings. The molecule has 190 valence electrons. The molecule has 2 aliphatic carbocycles. The minimum atomic E-state index is -0.395. The summed E-state index contributed by atoms with van der Waals surface area (Å²) < 4.78 is 11.6. The van der Waals surface area contributed by atoms with Gasteiger partial charge in [0.1, 0.15) is 12.2 Å². The van der Waals surface area contributed by atoms with Gasteiger partial charge in [0.2, 0.25) is 0 Å². The van der Waals surface area contributed by atoms with Crippen LogP contribution in [0.15, 0.2) is 24.3 Å². The summed E-state index contributed by atoms with van der Waals surface area (Å²) in [5, 5.41) is 19.4. The van der Waals surface area contributed by atoms with Crippen LogP contribution in [0.25, 0.3) is 0 Å². The number of rotatable bonds is 6. The molecule has 0 saturated heterocycles. The minimum Gasteiger partial charge on any atom is -0.459 e. The molecule has 0 aliphatic heterocycles. The van der Waals surface area contributed by atoms with E-state index in [1.807, 2.05) is 0 Å². The topological polar surface area (TPSA) is 93.1 Å². The third kappa shape index (κ3) is 5.83. The smallest absolute Gasteiger partial charge is 0.338 e. The van der Waals surface area contributed by atoms with Crippen LogP contribution in [0.5, 0.6) is 0 Å². The van der Waals surface area contributed by atoms with Gasteiger partial charge in [0.25, 0.3) is 0 Å². The second kappa shape index (κ2) is 10.4. The quantitative estimate of drug-likeness (QED) is 0.572. The molecule has 0 aromatic heterocycles. The number of hydrogen-bond donors (Lipinski definition) is 2. The van der Waals surface area contributed by atoms with Crippen LogP contribution >= 0.6 is 0 Å². The molecule has 6 atom stereocenters. The van der Waals surface area contributed by atoms with E-state index in [-0.39, 0.29) is 59.9 Å². The van der Waals surface area contributed by atoms with Gasteiger partial charge in [-0.15, -0.1) is 0 Å². The second-order valence-electron chi connectivity index (χ2n) is 12.0. The highest BCUT2D eigenvalue weighted by Crippen LogP contribution is 2.45. The molecule has 6 nitrogen and oxygen atoms in total. The Morgan fingerprint density at radius 1 is 0.765 bits per heavy atom. The highest BCUT2D eigenvalue weighted by Gasteiger charge is 2.43. The maximum atomic E-state index is 12.7. The van der Waals surface area contributed by atoms with Crippen molar-refractivity contribution in [2.75, 3.05) is 13.2 Å². The second-order valence-corrected chi connectivity index (χ2v) is 12.0. The third-order valence-electron chi connectivity index (χ3n) is 8.46. The first kappa shape index (κ1) is 26.7. The Morgan fingerprint density at radius 3 is 1.35 bits per heavy atom. The first-order valence-electron chi connectivity index (χ1n) is 12.6. The predicted molar refractivity (Wildman–Crippen MR) is 130 cm³/mol. The summed E-state index contributed by atoms with van der Waals surface area (Å²) in [6, 6.07) is 6.45. The number of hydrogen-bond acceptors (Lipinski definition) is 6. The van der Waals surface area contributed by atoms with E-state index in [4.69, 9.17) is 9.47 Å². The Kier molecular flexibility index (Phi) is 8.14. The van der Waals surface area contributed by atoms with Gasteiger partial charge >= 0.3 is 11.9 Å². The Hall–Kier alpha value is -1.92. The van der Waals surface area contributed by atoms with Crippen molar-refractivity contribution in [3.8, 4) is 0 Å². The fourth-order valence-electron chi connectivity index (χ4n) is 6.56. The summed E-state index contributed by atoms with van der Waals surface area (Å²) in [5.74, 6) is 0.134. The molecule has 0 radical (unpaired) electrons. The van der Waals surface area contributed by atoms with Crippen molar-refractivity contribution in [3.63, 3.8) is 0 Å². The standard InChI is InChI=1S/C28H42O6/c1-17-11-21(13-27(3,4)23(17)15-29)33-25(31)19-7-9-20(10-8-19)26(32)34-22-12-18(2)24(16-30)28(5,6)14-22/h7-10,17-18,21-24,29-30H,11-16H2,1-6H3. The van der Waals surface area contributed by atoms with Crippen molar-refractivity contribution < 1.29 is 29.3 Å². The molecule has 3 rings (SSSR count). The van der Waals surface area contributed by atoms with Gasteiger partial charge in [0.15, 0.2) is 0 Å².